The van der Waals surface area contributed by atoms with Crippen LogP contribution in [0.15, 0.2) is 34.9 Å². The second-order valence-corrected chi connectivity index (χ2v) is 2.54. The van der Waals surface area contributed by atoms with Gasteiger partial charge in [-0.1, -0.05) is 35.4 Å². The summed E-state index contributed by atoms with van der Waals surface area (Å²) in [5.41, 5.74) is 1.28. The molecular weight excluding hydrogens is 132 g/mol. The Morgan fingerprint density at radius 3 is 2.89 bits per heavy atom. The highest BCUT2D eigenvalue weighted by Gasteiger charge is 1.89. The first-order valence-corrected chi connectivity index (χ1v) is 3.37. The normalized spacial score (nSPS) is 18.4. The minimum atomic E-state index is 0.836. The van der Waals surface area contributed by atoms with E-state index in [1.807, 2.05) is 18.2 Å². The van der Waals surface area contributed by atoms with Crippen LogP contribution >= 0.6 is 11.6 Å². The Morgan fingerprint density at radius 2 is 2.11 bits per heavy atom. The maximum Gasteiger partial charge on any atom is 0.0369 e. The molecule has 48 valence electrons. The molecule has 9 heavy (non-hydrogen) atoms. The maximum atomic E-state index is 5.73. The molecule has 0 amide bonds. The second-order valence-electron chi connectivity index (χ2n) is 2.11. The van der Waals surface area contributed by atoms with E-state index in [1.165, 1.54) is 5.57 Å². The van der Waals surface area contributed by atoms with Crippen molar-refractivity contribution in [2.24, 2.45) is 0 Å². The summed E-state index contributed by atoms with van der Waals surface area (Å²) in [6.07, 6.45) is 9.03. The SMILES string of the molecule is CC1=CCC=C(Cl)C=C1. The predicted octanol–water partition coefficient (Wildman–Crippen LogP) is 3.02. The fourth-order valence-corrected chi connectivity index (χ4v) is 0.857. The highest BCUT2D eigenvalue weighted by Crippen LogP contribution is 2.12. The molecule has 0 bridgehead atoms. The Morgan fingerprint density at radius 1 is 1.33 bits per heavy atom. The van der Waals surface area contributed by atoms with Gasteiger partial charge in [0.25, 0.3) is 0 Å². The van der Waals surface area contributed by atoms with Crippen molar-refractivity contribution >= 4 is 11.6 Å². The van der Waals surface area contributed by atoms with Gasteiger partial charge in [-0.15, -0.1) is 0 Å². The molecule has 0 heterocycles. The highest BCUT2D eigenvalue weighted by molar-refractivity contribution is 6.31. The van der Waals surface area contributed by atoms with Gasteiger partial charge in [0.2, 0.25) is 0 Å². The molecule has 0 aromatic rings. The molecule has 0 N–H and O–H groups in total. The average molecular weight is 141 g/mol. The lowest BCUT2D eigenvalue weighted by Gasteiger charge is -1.82. The van der Waals surface area contributed by atoms with E-state index in [0.717, 1.165) is 11.5 Å². The molecule has 1 heteroatoms. The van der Waals surface area contributed by atoms with Gasteiger partial charge in [-0.05, 0) is 19.4 Å². The van der Waals surface area contributed by atoms with Gasteiger partial charge < -0.3 is 0 Å². The molecule has 0 nitrogen and oxygen atoms in total. The zero-order valence-electron chi connectivity index (χ0n) is 5.39. The third kappa shape index (κ3) is 2.06. The van der Waals surface area contributed by atoms with Crippen molar-refractivity contribution in [1.29, 1.82) is 0 Å². The van der Waals surface area contributed by atoms with Crippen LogP contribution in [0.5, 0.6) is 0 Å². The summed E-state index contributed by atoms with van der Waals surface area (Å²) < 4.78 is 0. The van der Waals surface area contributed by atoms with E-state index in [0.29, 0.717) is 0 Å². The van der Waals surface area contributed by atoms with Crippen LogP contribution in [0.25, 0.3) is 0 Å². The molecule has 0 unspecified atom stereocenters. The molecule has 0 aliphatic heterocycles. The van der Waals surface area contributed by atoms with Crippen molar-refractivity contribution in [3.05, 3.63) is 34.9 Å². The Labute approximate surface area is 60.5 Å². The smallest absolute Gasteiger partial charge is 0.0369 e. The highest BCUT2D eigenvalue weighted by atomic mass is 35.5. The summed E-state index contributed by atoms with van der Waals surface area (Å²) in [4.78, 5) is 0. The van der Waals surface area contributed by atoms with Crippen LogP contribution in [0.3, 0.4) is 0 Å². The molecule has 0 radical (unpaired) electrons. The van der Waals surface area contributed by atoms with Gasteiger partial charge in [-0.25, -0.2) is 0 Å². The molecule has 1 aliphatic carbocycles. The van der Waals surface area contributed by atoms with Crippen LogP contribution in [-0.2, 0) is 0 Å². The van der Waals surface area contributed by atoms with E-state index in [1.54, 1.807) is 0 Å². The number of halogens is 1. The van der Waals surface area contributed by atoms with Gasteiger partial charge in [-0.3, -0.25) is 0 Å². The zero-order chi connectivity index (χ0) is 6.69. The first-order chi connectivity index (χ1) is 4.29. The third-order valence-electron chi connectivity index (χ3n) is 1.26. The van der Waals surface area contributed by atoms with Crippen molar-refractivity contribution in [3.63, 3.8) is 0 Å². The fraction of sp³-hybridized carbons (Fsp3) is 0.250. The van der Waals surface area contributed by atoms with Gasteiger partial charge in [0.15, 0.2) is 0 Å². The third-order valence-corrected chi connectivity index (χ3v) is 1.54. The van der Waals surface area contributed by atoms with Crippen LogP contribution in [-0.4, -0.2) is 0 Å². The van der Waals surface area contributed by atoms with Gasteiger partial charge in [0.05, 0.1) is 0 Å². The van der Waals surface area contributed by atoms with E-state index in [2.05, 4.69) is 13.0 Å². The minimum absolute atomic E-state index is 0.836. The fourth-order valence-electron chi connectivity index (χ4n) is 0.705. The van der Waals surface area contributed by atoms with Gasteiger partial charge >= 0.3 is 0 Å². The minimum Gasteiger partial charge on any atom is -0.0847 e. The van der Waals surface area contributed by atoms with Gasteiger partial charge in [-0.2, -0.15) is 0 Å². The Balaban J connectivity index is 2.75. The lowest BCUT2D eigenvalue weighted by molar-refractivity contribution is 1.35. The summed E-state index contributed by atoms with van der Waals surface area (Å²) >= 11 is 5.73. The van der Waals surface area contributed by atoms with Crippen LogP contribution in [0.4, 0.5) is 0 Å². The van der Waals surface area contributed by atoms with E-state index in [-0.39, 0.29) is 0 Å². The molecule has 0 fully saturated rings. The number of hydrogen-bond donors (Lipinski definition) is 0. The van der Waals surface area contributed by atoms with E-state index >= 15 is 0 Å². The Bertz CT molecular complexity index is 165. The first kappa shape index (κ1) is 6.63. The van der Waals surface area contributed by atoms with E-state index in [9.17, 15) is 0 Å². The topological polar surface area (TPSA) is 0 Å². The number of allylic oxidation sites excluding steroid dienone is 6. The van der Waals surface area contributed by atoms with Crippen molar-refractivity contribution < 1.29 is 0 Å². The average Bonchev–Trinajstić information content (AvgIpc) is 1.97. The first-order valence-electron chi connectivity index (χ1n) is 2.99. The summed E-state index contributed by atoms with van der Waals surface area (Å²) in [6.45, 7) is 2.07. The second kappa shape index (κ2) is 2.88. The molecule has 0 aromatic carbocycles. The monoisotopic (exact) mass is 140 g/mol. The summed E-state index contributed by atoms with van der Waals surface area (Å²) in [5, 5.41) is 0.836. The van der Waals surface area contributed by atoms with Crippen molar-refractivity contribution in [2.75, 3.05) is 0 Å². The van der Waals surface area contributed by atoms with Crippen LogP contribution in [0, 0.1) is 0 Å². The van der Waals surface area contributed by atoms with Gasteiger partial charge in [0.1, 0.15) is 0 Å². The predicted molar refractivity (Wildman–Crippen MR) is 41.5 cm³/mol. The molecule has 0 saturated heterocycles. The van der Waals surface area contributed by atoms with Crippen LogP contribution in [0.2, 0.25) is 0 Å². The van der Waals surface area contributed by atoms with E-state index < -0.39 is 0 Å². The van der Waals surface area contributed by atoms with Crippen molar-refractivity contribution in [2.45, 2.75) is 13.3 Å². The summed E-state index contributed by atoms with van der Waals surface area (Å²) in [7, 11) is 0. The van der Waals surface area contributed by atoms with Crippen molar-refractivity contribution in [3.8, 4) is 0 Å². The van der Waals surface area contributed by atoms with Crippen LogP contribution < -0.4 is 0 Å². The summed E-state index contributed by atoms with van der Waals surface area (Å²) in [6, 6.07) is 0. The molecular formula is C8H9Cl. The zero-order valence-corrected chi connectivity index (χ0v) is 6.15. The molecule has 0 spiro atoms. The quantitative estimate of drug-likeness (QED) is 0.485. The number of hydrogen-bond acceptors (Lipinski definition) is 0. The van der Waals surface area contributed by atoms with Crippen molar-refractivity contribution in [1.82, 2.24) is 0 Å². The molecule has 0 saturated carbocycles. The lowest BCUT2D eigenvalue weighted by atomic mass is 10.2. The Hall–Kier alpha value is -0.490. The molecule has 1 rings (SSSR count). The number of rotatable bonds is 0. The lowest BCUT2D eigenvalue weighted by Crippen LogP contribution is -1.62. The summed E-state index contributed by atoms with van der Waals surface area (Å²) in [5.74, 6) is 0. The van der Waals surface area contributed by atoms with E-state index in [4.69, 9.17) is 11.6 Å². The van der Waals surface area contributed by atoms with Crippen LogP contribution in [0.1, 0.15) is 13.3 Å². The molecule has 0 atom stereocenters. The molecule has 0 aromatic heterocycles. The standard InChI is InChI=1S/C8H9Cl/c1-7-3-2-4-8(9)6-5-7/h3-6H,2H2,1H3. The maximum absolute atomic E-state index is 5.73. The molecule has 1 aliphatic rings. The largest absolute Gasteiger partial charge is 0.0847 e. The Kier molecular flexibility index (Phi) is 2.12. The van der Waals surface area contributed by atoms with Gasteiger partial charge in [0, 0.05) is 5.03 Å².